The summed E-state index contributed by atoms with van der Waals surface area (Å²) in [4.78, 5) is 24.8. The van der Waals surface area contributed by atoms with E-state index < -0.39 is 20.0 Å². The van der Waals surface area contributed by atoms with Crippen molar-refractivity contribution in [2.45, 2.75) is 142 Å². The number of phosphoric ester groups is 1. The molecule has 0 saturated carbocycles. The summed E-state index contributed by atoms with van der Waals surface area (Å²) in [7, 11) is 1.26. The maximum atomic E-state index is 12.6. The van der Waals surface area contributed by atoms with Gasteiger partial charge in [0.2, 0.25) is 5.91 Å². The molecule has 0 spiro atoms. The third kappa shape index (κ3) is 26.2. The van der Waals surface area contributed by atoms with Gasteiger partial charge < -0.3 is 28.8 Å². The van der Waals surface area contributed by atoms with Gasteiger partial charge in [0, 0.05) is 6.42 Å². The zero-order chi connectivity index (χ0) is 30.1. The van der Waals surface area contributed by atoms with Crippen LogP contribution in [-0.2, 0) is 18.4 Å². The molecule has 0 fully saturated rings. The number of hydrogen-bond donors (Lipinski definition) is 2. The van der Waals surface area contributed by atoms with Crippen molar-refractivity contribution >= 4 is 13.7 Å². The Kier molecular flexibility index (Phi) is 24.3. The number of likely N-dealkylation sites (N-methyl/N-ethyl adjacent to an activating group) is 1. The molecule has 0 rings (SSSR count). The monoisotopic (exact) mass is 590 g/mol. The number of amides is 1. The Morgan fingerprint density at radius 3 is 1.88 bits per heavy atom. The molecule has 9 heteroatoms. The molecule has 0 aliphatic heterocycles. The Bertz CT molecular complexity index is 683. The molecule has 8 nitrogen and oxygen atoms in total. The number of carbonyl (C=O) groups excluding carboxylic acids is 1. The van der Waals surface area contributed by atoms with Crippen LogP contribution in [0.3, 0.4) is 0 Å². The van der Waals surface area contributed by atoms with Crippen molar-refractivity contribution in [1.82, 2.24) is 5.32 Å². The number of hydrogen-bond acceptors (Lipinski definition) is 6. The van der Waals surface area contributed by atoms with E-state index in [0.717, 1.165) is 44.9 Å². The Hall–Kier alpha value is -0.760. The van der Waals surface area contributed by atoms with Crippen LogP contribution < -0.4 is 10.2 Å². The fraction of sp³-hybridized carbons (Fsp3) is 0.903. The number of quaternary nitrogens is 1. The van der Waals surface area contributed by atoms with Crippen molar-refractivity contribution in [3.63, 3.8) is 0 Å². The second kappa shape index (κ2) is 24.8. The second-order valence-electron chi connectivity index (χ2n) is 12.2. The van der Waals surface area contributed by atoms with E-state index >= 15 is 0 Å². The maximum absolute atomic E-state index is 12.6. The van der Waals surface area contributed by atoms with E-state index in [-0.39, 0.29) is 19.1 Å². The highest BCUT2D eigenvalue weighted by Gasteiger charge is 2.23. The molecule has 1 amide bonds. The standard InChI is InChI=1S/C31H63N2O6P/c1-6-8-10-12-13-14-15-16-17-18-19-21-23-25-31(35)32-29(30(34)24-22-20-11-9-7-2)28-39-40(36,37)38-27-26-33(3,4)5/h22,24,29-30,34H,6-21,23,25-28H2,1-5H3,(H-,32,35,36,37)/b24-22+. The van der Waals surface area contributed by atoms with E-state index in [9.17, 15) is 19.4 Å². The lowest BCUT2D eigenvalue weighted by molar-refractivity contribution is -0.870. The molecule has 3 atom stereocenters. The molecule has 0 aliphatic carbocycles. The summed E-state index contributed by atoms with van der Waals surface area (Å²) >= 11 is 0. The molecule has 0 bridgehead atoms. The first-order valence-electron chi connectivity index (χ1n) is 16.1. The van der Waals surface area contributed by atoms with Crippen molar-refractivity contribution in [3.8, 4) is 0 Å². The summed E-state index contributed by atoms with van der Waals surface area (Å²) < 4.78 is 22.8. The Balaban J connectivity index is 4.43. The molecule has 0 heterocycles. The minimum absolute atomic E-state index is 0.000234. The topological polar surface area (TPSA) is 108 Å². The summed E-state index contributed by atoms with van der Waals surface area (Å²) in [6.45, 7) is 4.50. The van der Waals surface area contributed by atoms with E-state index in [4.69, 9.17) is 9.05 Å². The molecule has 40 heavy (non-hydrogen) atoms. The van der Waals surface area contributed by atoms with Gasteiger partial charge in [-0.3, -0.25) is 9.36 Å². The molecule has 2 N–H and O–H groups in total. The number of allylic oxidation sites excluding steroid dienone is 1. The van der Waals surface area contributed by atoms with Crippen LogP contribution in [0.25, 0.3) is 0 Å². The van der Waals surface area contributed by atoms with E-state index in [2.05, 4.69) is 19.2 Å². The number of phosphoric acid groups is 1. The average Bonchev–Trinajstić information content (AvgIpc) is 2.88. The number of nitrogens with zero attached hydrogens (tertiary/aromatic N) is 1. The number of unbranched alkanes of at least 4 members (excludes halogenated alkanes) is 15. The number of rotatable bonds is 28. The first-order chi connectivity index (χ1) is 19.0. The minimum Gasteiger partial charge on any atom is -0.756 e. The van der Waals surface area contributed by atoms with E-state index in [1.807, 2.05) is 27.2 Å². The highest BCUT2D eigenvalue weighted by molar-refractivity contribution is 7.45. The van der Waals surface area contributed by atoms with Crippen molar-refractivity contribution in [2.24, 2.45) is 0 Å². The molecule has 0 saturated heterocycles. The summed E-state index contributed by atoms with van der Waals surface area (Å²) in [6.07, 6.45) is 22.9. The SMILES string of the molecule is CCCCC/C=C/C(O)C(COP(=O)([O-])OCC[N+](C)(C)C)NC(=O)CCCCCCCCCCCCCCC. The van der Waals surface area contributed by atoms with Gasteiger partial charge in [0.25, 0.3) is 7.82 Å². The Morgan fingerprint density at radius 1 is 0.850 bits per heavy atom. The third-order valence-electron chi connectivity index (χ3n) is 7.00. The average molecular weight is 591 g/mol. The van der Waals surface area contributed by atoms with Crippen LogP contribution in [0.1, 0.15) is 129 Å². The summed E-state index contributed by atoms with van der Waals surface area (Å²) in [5.74, 6) is -0.207. The smallest absolute Gasteiger partial charge is 0.268 e. The number of carbonyl (C=O) groups is 1. The van der Waals surface area contributed by atoms with Crippen LogP contribution in [0, 0.1) is 0 Å². The van der Waals surface area contributed by atoms with E-state index in [1.54, 1.807) is 6.08 Å². The van der Waals surface area contributed by atoms with Gasteiger partial charge in [-0.15, -0.1) is 0 Å². The van der Waals surface area contributed by atoms with Crippen molar-refractivity contribution in [3.05, 3.63) is 12.2 Å². The second-order valence-corrected chi connectivity index (χ2v) is 13.6. The van der Waals surface area contributed by atoms with Gasteiger partial charge >= 0.3 is 0 Å². The lowest BCUT2D eigenvalue weighted by Crippen LogP contribution is -2.45. The van der Waals surface area contributed by atoms with E-state index in [1.165, 1.54) is 64.2 Å². The van der Waals surface area contributed by atoms with Gasteiger partial charge in [0.05, 0.1) is 39.9 Å². The van der Waals surface area contributed by atoms with Gasteiger partial charge in [0.15, 0.2) is 0 Å². The largest absolute Gasteiger partial charge is 0.756 e. The molecule has 238 valence electrons. The van der Waals surface area contributed by atoms with Crippen LogP contribution in [0.5, 0.6) is 0 Å². The highest BCUT2D eigenvalue weighted by atomic mass is 31.2. The summed E-state index contributed by atoms with van der Waals surface area (Å²) in [5.41, 5.74) is 0. The maximum Gasteiger partial charge on any atom is 0.268 e. The molecule has 0 aromatic heterocycles. The molecular weight excluding hydrogens is 527 g/mol. The number of aliphatic hydroxyl groups is 1. The van der Waals surface area contributed by atoms with Gasteiger partial charge in [-0.05, 0) is 19.3 Å². The molecule has 0 aromatic carbocycles. The van der Waals surface area contributed by atoms with Crippen LogP contribution in [-0.4, -0.2) is 68.5 Å². The molecule has 0 aromatic rings. The predicted molar refractivity (Wildman–Crippen MR) is 164 cm³/mol. The Morgan fingerprint density at radius 2 is 1.35 bits per heavy atom. The van der Waals surface area contributed by atoms with Crippen LogP contribution >= 0.6 is 7.82 Å². The predicted octanol–water partition coefficient (Wildman–Crippen LogP) is 6.66. The van der Waals surface area contributed by atoms with Crippen LogP contribution in [0.4, 0.5) is 0 Å². The van der Waals surface area contributed by atoms with Gasteiger partial charge in [-0.25, -0.2) is 0 Å². The van der Waals surface area contributed by atoms with Gasteiger partial charge in [0.1, 0.15) is 13.2 Å². The zero-order valence-corrected chi connectivity index (χ0v) is 27.4. The normalized spacial score (nSPS) is 15.3. The number of nitrogens with one attached hydrogen (secondary N) is 1. The van der Waals surface area contributed by atoms with Crippen molar-refractivity contribution in [1.29, 1.82) is 0 Å². The molecule has 3 unspecified atom stereocenters. The molecular formula is C31H63N2O6P. The third-order valence-corrected chi connectivity index (χ3v) is 7.96. The molecule has 0 radical (unpaired) electrons. The van der Waals surface area contributed by atoms with Crippen LogP contribution in [0.2, 0.25) is 0 Å². The Labute approximate surface area is 246 Å². The van der Waals surface area contributed by atoms with Crippen molar-refractivity contribution in [2.75, 3.05) is 40.9 Å². The zero-order valence-electron chi connectivity index (χ0n) is 26.5. The quantitative estimate of drug-likeness (QED) is 0.0457. The highest BCUT2D eigenvalue weighted by Crippen LogP contribution is 2.38. The minimum atomic E-state index is -4.55. The lowest BCUT2D eigenvalue weighted by Gasteiger charge is -2.29. The molecule has 0 aliphatic rings. The fourth-order valence-electron chi connectivity index (χ4n) is 4.33. The first-order valence-corrected chi connectivity index (χ1v) is 17.5. The first kappa shape index (κ1) is 39.2. The van der Waals surface area contributed by atoms with Crippen molar-refractivity contribution < 1.29 is 32.9 Å². The summed E-state index contributed by atoms with van der Waals surface area (Å²) in [6, 6.07) is -0.874. The van der Waals surface area contributed by atoms with Gasteiger partial charge in [-0.2, -0.15) is 0 Å². The lowest BCUT2D eigenvalue weighted by atomic mass is 10.0. The fourth-order valence-corrected chi connectivity index (χ4v) is 5.05. The summed E-state index contributed by atoms with van der Waals surface area (Å²) in [5, 5.41) is 13.4. The van der Waals surface area contributed by atoms with E-state index in [0.29, 0.717) is 17.4 Å². The number of aliphatic hydroxyl groups excluding tert-OH is 1. The van der Waals surface area contributed by atoms with Crippen LogP contribution in [0.15, 0.2) is 12.2 Å². The van der Waals surface area contributed by atoms with Gasteiger partial charge in [-0.1, -0.05) is 116 Å².